The number of rotatable bonds is 4. The van der Waals surface area contributed by atoms with Crippen LogP contribution in [0.3, 0.4) is 0 Å². The Hall–Kier alpha value is 1.48. The van der Waals surface area contributed by atoms with Crippen molar-refractivity contribution >= 4 is 117 Å². The van der Waals surface area contributed by atoms with E-state index in [0.29, 0.717) is 17.3 Å². The molecule has 30 heavy (non-hydrogen) atoms. The van der Waals surface area contributed by atoms with E-state index in [1.807, 2.05) is 65.7 Å². The van der Waals surface area contributed by atoms with Gasteiger partial charge in [-0.05, 0) is 27.7 Å². The van der Waals surface area contributed by atoms with Gasteiger partial charge in [0.2, 0.25) is 0 Å². The van der Waals surface area contributed by atoms with Crippen molar-refractivity contribution in [2.24, 2.45) is 0 Å². The molecule has 186 valence electrons. The van der Waals surface area contributed by atoms with Crippen molar-refractivity contribution in [3.05, 3.63) is 0 Å². The van der Waals surface area contributed by atoms with Crippen molar-refractivity contribution in [3.8, 4) is 0 Å². The van der Waals surface area contributed by atoms with Crippen LogP contribution in [-0.4, -0.2) is 91.3 Å². The predicted molar refractivity (Wildman–Crippen MR) is 153 cm³/mol. The van der Waals surface area contributed by atoms with Crippen LogP contribution in [-0.2, 0) is 84.7 Å². The molecule has 0 aliphatic heterocycles. The number of nitrogens with zero attached hydrogens (tertiary/aromatic N) is 4. The van der Waals surface area contributed by atoms with Gasteiger partial charge in [0.25, 0.3) is 0 Å². The molecule has 0 saturated heterocycles. The van der Waals surface area contributed by atoms with Gasteiger partial charge in [0.15, 0.2) is 0 Å². The van der Waals surface area contributed by atoms with Crippen molar-refractivity contribution in [2.45, 2.75) is 27.7 Å². The summed E-state index contributed by atoms with van der Waals surface area (Å²) in [5.41, 5.74) is 0. The second kappa shape index (κ2) is 30.5. The van der Waals surface area contributed by atoms with Gasteiger partial charge in [-0.15, -0.1) is 0 Å². The first-order valence-corrected chi connectivity index (χ1v) is 11.7. The Labute approximate surface area is 250 Å². The molecule has 0 N–H and O–H groups in total. The summed E-state index contributed by atoms with van der Waals surface area (Å²) in [5.74, 6) is 0. The summed E-state index contributed by atoms with van der Waals surface area (Å²) in [6.07, 6.45) is 0. The normalized spacial score (nSPS) is 7.73. The Morgan fingerprint density at radius 1 is 0.500 bits per heavy atom. The summed E-state index contributed by atoms with van der Waals surface area (Å²) in [6.45, 7) is 11.9. The first kappa shape index (κ1) is 45.0. The van der Waals surface area contributed by atoms with E-state index in [0.717, 1.165) is 26.2 Å². The fourth-order valence-corrected chi connectivity index (χ4v) is 2.00. The van der Waals surface area contributed by atoms with Gasteiger partial charge in [-0.25, -0.2) is 0 Å². The van der Waals surface area contributed by atoms with Crippen LogP contribution in [0.4, 0.5) is 0 Å². The quantitative estimate of drug-likeness (QED) is 0.250. The molecule has 0 aromatic carbocycles. The summed E-state index contributed by atoms with van der Waals surface area (Å²) >= 11 is 37.3. The SMILES string of the molecule is CCN(CC)C(=S)[S-].CCN(CC)C(=S)[S-].CN(C)C(=S)[S-].CN(C)C(=S)[S-].[Cu+2].[Cu+2]. The smallest absolute Gasteiger partial charge is 0.411 e. The first-order valence-electron chi connectivity index (χ1n) is 8.41. The average Bonchev–Trinajstić information content (AvgIpc) is 2.58. The first-order chi connectivity index (χ1) is 12.7. The third-order valence-corrected chi connectivity index (χ3v) is 5.27. The van der Waals surface area contributed by atoms with Gasteiger partial charge in [-0.1, -0.05) is 17.3 Å². The third kappa shape index (κ3) is 36.8. The zero-order valence-electron chi connectivity index (χ0n) is 18.5. The minimum absolute atomic E-state index is 0. The summed E-state index contributed by atoms with van der Waals surface area (Å²) in [4.78, 5) is 7.35. The maximum atomic E-state index is 4.76. The number of hydrogen-bond acceptors (Lipinski definition) is 8. The standard InChI is InChI=1S/2C5H11NS2.2C3H7NS2.2Cu/c2*1-3-6(4-2)5(7)8;2*1-4(2)3(5)6;;/h2*3-4H2,1-2H3,(H,7,8);2*1-2H3,(H,5,6);;/q;;;;2*+2/p-4. The molecule has 0 atom stereocenters. The molecule has 4 nitrogen and oxygen atoms in total. The van der Waals surface area contributed by atoms with Crippen molar-refractivity contribution in [2.75, 3.05) is 54.4 Å². The molecular formula is C16H32Cu2N4S8. The van der Waals surface area contributed by atoms with E-state index < -0.39 is 0 Å². The van der Waals surface area contributed by atoms with Crippen molar-refractivity contribution in [1.29, 1.82) is 0 Å². The molecule has 0 saturated carbocycles. The van der Waals surface area contributed by atoms with Crippen molar-refractivity contribution in [1.82, 2.24) is 19.6 Å². The summed E-state index contributed by atoms with van der Waals surface area (Å²) in [5, 5.41) is 0. The average molecular weight is 664 g/mol. The topological polar surface area (TPSA) is 13.0 Å². The van der Waals surface area contributed by atoms with E-state index in [4.69, 9.17) is 49.7 Å². The molecule has 0 aliphatic carbocycles. The molecule has 0 aromatic heterocycles. The van der Waals surface area contributed by atoms with Crippen molar-refractivity contribution in [3.63, 3.8) is 0 Å². The van der Waals surface area contributed by atoms with Crippen LogP contribution < -0.4 is 0 Å². The van der Waals surface area contributed by atoms with Crippen LogP contribution in [0.25, 0.3) is 0 Å². The second-order valence-corrected chi connectivity index (χ2v) is 9.32. The van der Waals surface area contributed by atoms with E-state index in [9.17, 15) is 0 Å². The third-order valence-electron chi connectivity index (χ3n) is 2.77. The fraction of sp³-hybridized carbons (Fsp3) is 0.750. The maximum absolute atomic E-state index is 4.76. The molecular weight excluding hydrogens is 632 g/mol. The van der Waals surface area contributed by atoms with E-state index in [1.165, 1.54) is 0 Å². The van der Waals surface area contributed by atoms with Gasteiger partial charge >= 0.3 is 34.1 Å². The van der Waals surface area contributed by atoms with E-state index in [-0.39, 0.29) is 34.1 Å². The Morgan fingerprint density at radius 3 is 0.633 bits per heavy atom. The molecule has 0 unspecified atom stereocenters. The summed E-state index contributed by atoms with van der Waals surface area (Å²) in [7, 11) is 7.31. The van der Waals surface area contributed by atoms with Crippen molar-refractivity contribution < 1.29 is 34.1 Å². The molecule has 0 bridgehead atoms. The predicted octanol–water partition coefficient (Wildman–Crippen LogP) is 3.07. The van der Waals surface area contributed by atoms with Gasteiger partial charge in [-0.2, -0.15) is 0 Å². The van der Waals surface area contributed by atoms with Crippen LogP contribution in [0.15, 0.2) is 0 Å². The maximum Gasteiger partial charge on any atom is 2.00 e. The van der Waals surface area contributed by atoms with Crippen LogP contribution in [0.1, 0.15) is 27.7 Å². The number of thiocarbonyl (C=S) groups is 4. The largest absolute Gasteiger partial charge is 2.00 e. The van der Waals surface area contributed by atoms with Crippen LogP contribution in [0, 0.1) is 0 Å². The van der Waals surface area contributed by atoms with Gasteiger partial charge < -0.3 is 119 Å². The summed E-state index contributed by atoms with van der Waals surface area (Å²) in [6, 6.07) is 0. The zero-order valence-corrected chi connectivity index (χ0v) is 26.9. The Bertz CT molecular complexity index is 407. The molecule has 0 fully saturated rings. The Balaban J connectivity index is -0.0000000632. The molecule has 0 heterocycles. The van der Waals surface area contributed by atoms with Gasteiger partial charge in [0.1, 0.15) is 0 Å². The molecule has 2 radical (unpaired) electrons. The second-order valence-electron chi connectivity index (χ2n) is 5.20. The molecule has 14 heteroatoms. The monoisotopic (exact) mass is 662 g/mol. The van der Waals surface area contributed by atoms with Crippen LogP contribution in [0.5, 0.6) is 0 Å². The molecule has 0 aromatic rings. The minimum Gasteiger partial charge on any atom is -0.411 e. The van der Waals surface area contributed by atoms with Gasteiger partial charge in [0.05, 0.1) is 0 Å². The summed E-state index contributed by atoms with van der Waals surface area (Å²) < 4.78 is 2.18. The minimum atomic E-state index is 0. The Morgan fingerprint density at radius 2 is 0.633 bits per heavy atom. The van der Waals surface area contributed by atoms with Gasteiger partial charge in [-0.3, -0.25) is 0 Å². The zero-order chi connectivity index (χ0) is 23.4. The van der Waals surface area contributed by atoms with E-state index in [1.54, 1.807) is 9.80 Å². The van der Waals surface area contributed by atoms with E-state index >= 15 is 0 Å². The molecule has 0 spiro atoms. The Kier molecular flexibility index (Phi) is 45.8. The van der Waals surface area contributed by atoms with Crippen LogP contribution in [0.2, 0.25) is 0 Å². The molecule has 0 rings (SSSR count). The fourth-order valence-electron chi connectivity index (χ4n) is 0.964. The van der Waals surface area contributed by atoms with E-state index in [2.05, 4.69) is 49.7 Å². The van der Waals surface area contributed by atoms with Crippen LogP contribution >= 0.6 is 48.9 Å². The number of hydrogen-bond donors (Lipinski definition) is 0. The molecule has 0 amide bonds. The van der Waals surface area contributed by atoms with Gasteiger partial charge in [0, 0.05) is 54.4 Å². The molecule has 0 aliphatic rings.